The summed E-state index contributed by atoms with van der Waals surface area (Å²) in [6, 6.07) is 6.54. The number of fused-ring (bicyclic) bond motifs is 1. The van der Waals surface area contributed by atoms with Crippen molar-refractivity contribution in [3.8, 4) is 5.75 Å². The van der Waals surface area contributed by atoms with Crippen molar-refractivity contribution in [1.82, 2.24) is 10.1 Å². The van der Waals surface area contributed by atoms with Crippen molar-refractivity contribution in [2.45, 2.75) is 25.6 Å². The molecule has 2 N–H and O–H groups in total. The Kier molecular flexibility index (Phi) is 5.56. The van der Waals surface area contributed by atoms with E-state index in [1.807, 2.05) is 0 Å². The molecule has 2 aliphatic rings. The van der Waals surface area contributed by atoms with Crippen LogP contribution in [0.2, 0.25) is 10.0 Å². The Morgan fingerprint density at radius 3 is 2.55 bits per heavy atom. The minimum atomic E-state index is -0.699. The molecule has 1 saturated carbocycles. The van der Waals surface area contributed by atoms with E-state index in [-0.39, 0.29) is 24.2 Å². The first-order valence-electron chi connectivity index (χ1n) is 9.18. The molecule has 4 rings (SSSR count). The van der Waals surface area contributed by atoms with Gasteiger partial charge in [0, 0.05) is 24.2 Å². The number of likely N-dealkylation sites (tertiary alicyclic amines) is 1. The van der Waals surface area contributed by atoms with Crippen LogP contribution in [0.4, 0.5) is 4.79 Å². The van der Waals surface area contributed by atoms with E-state index < -0.39 is 12.0 Å². The molecule has 1 aromatic carbocycles. The van der Waals surface area contributed by atoms with E-state index in [9.17, 15) is 9.59 Å². The molecule has 1 aromatic heterocycles. The van der Waals surface area contributed by atoms with Crippen LogP contribution in [0.1, 0.15) is 29.1 Å². The zero-order valence-electron chi connectivity index (χ0n) is 15.3. The van der Waals surface area contributed by atoms with E-state index in [1.165, 1.54) is 6.07 Å². The van der Waals surface area contributed by atoms with E-state index in [0.717, 1.165) is 12.8 Å². The Balaban J connectivity index is 1.26. The molecule has 0 bridgehead atoms. The van der Waals surface area contributed by atoms with Crippen LogP contribution in [0.15, 0.2) is 28.8 Å². The highest BCUT2D eigenvalue weighted by Gasteiger charge is 2.43. The van der Waals surface area contributed by atoms with E-state index in [4.69, 9.17) is 42.9 Å². The van der Waals surface area contributed by atoms with Crippen molar-refractivity contribution in [3.05, 3.63) is 45.8 Å². The predicted molar refractivity (Wildman–Crippen MR) is 104 cm³/mol. The number of aromatic nitrogens is 1. The van der Waals surface area contributed by atoms with Gasteiger partial charge in [-0.2, -0.15) is 0 Å². The summed E-state index contributed by atoms with van der Waals surface area (Å²) in [5, 5.41) is 4.56. The number of amides is 2. The lowest BCUT2D eigenvalue weighted by molar-refractivity contribution is 0.0899. The fraction of sp³-hybridized carbons (Fsp3) is 0.421. The smallest absolute Gasteiger partial charge is 0.410 e. The number of hydrogen-bond donors (Lipinski definition) is 1. The van der Waals surface area contributed by atoms with Gasteiger partial charge in [0.25, 0.3) is 5.91 Å². The summed E-state index contributed by atoms with van der Waals surface area (Å²) in [4.78, 5) is 25.0. The van der Waals surface area contributed by atoms with Crippen molar-refractivity contribution < 1.29 is 23.6 Å². The summed E-state index contributed by atoms with van der Waals surface area (Å²) in [6.45, 7) is 1.12. The Bertz CT molecular complexity index is 920. The second-order valence-corrected chi connectivity index (χ2v) is 8.15. The molecule has 2 fully saturated rings. The maximum atomic E-state index is 12.3. The third kappa shape index (κ3) is 4.43. The average molecular weight is 440 g/mol. The first kappa shape index (κ1) is 19.8. The van der Waals surface area contributed by atoms with Crippen molar-refractivity contribution in [1.29, 1.82) is 0 Å². The number of hydrogen-bond acceptors (Lipinski definition) is 6. The lowest BCUT2D eigenvalue weighted by atomic mass is 10.0. The van der Waals surface area contributed by atoms with Gasteiger partial charge in [-0.1, -0.05) is 28.4 Å². The molecule has 2 amide bonds. The summed E-state index contributed by atoms with van der Waals surface area (Å²) < 4.78 is 16.2. The highest BCUT2D eigenvalue weighted by atomic mass is 35.5. The quantitative estimate of drug-likeness (QED) is 0.763. The SMILES string of the molecule is NC(=O)c1cc(COC(=O)N2C[C@H]3C[C@@H](Oc4ccc(Cl)cc4Cl)C[C@H]3C2)on1. The fourth-order valence-electron chi connectivity index (χ4n) is 3.96. The van der Waals surface area contributed by atoms with E-state index in [0.29, 0.717) is 40.7 Å². The number of primary amides is 1. The molecule has 1 aliphatic heterocycles. The number of nitrogens with two attached hydrogens (primary N) is 1. The van der Waals surface area contributed by atoms with Crippen molar-refractivity contribution in [2.75, 3.05) is 13.1 Å². The van der Waals surface area contributed by atoms with Gasteiger partial charge in [-0.15, -0.1) is 0 Å². The summed E-state index contributed by atoms with van der Waals surface area (Å²) >= 11 is 12.1. The maximum absolute atomic E-state index is 12.3. The molecule has 29 heavy (non-hydrogen) atoms. The minimum absolute atomic E-state index is 0.00131. The van der Waals surface area contributed by atoms with Gasteiger partial charge in [0.15, 0.2) is 18.1 Å². The van der Waals surface area contributed by atoms with Gasteiger partial charge in [0.2, 0.25) is 0 Å². The molecule has 1 saturated heterocycles. The first-order valence-corrected chi connectivity index (χ1v) is 9.93. The van der Waals surface area contributed by atoms with Crippen LogP contribution >= 0.6 is 23.2 Å². The van der Waals surface area contributed by atoms with E-state index in [2.05, 4.69) is 5.16 Å². The molecule has 8 nitrogen and oxygen atoms in total. The number of carbonyl (C=O) groups is 2. The minimum Gasteiger partial charge on any atom is -0.489 e. The van der Waals surface area contributed by atoms with Crippen LogP contribution in [-0.4, -0.2) is 41.3 Å². The second-order valence-electron chi connectivity index (χ2n) is 7.31. The van der Waals surface area contributed by atoms with Crippen LogP contribution in [0.3, 0.4) is 0 Å². The lowest BCUT2D eigenvalue weighted by Crippen LogP contribution is -2.31. The zero-order valence-corrected chi connectivity index (χ0v) is 16.9. The third-order valence-electron chi connectivity index (χ3n) is 5.30. The van der Waals surface area contributed by atoms with Crippen LogP contribution in [-0.2, 0) is 11.3 Å². The molecular weight excluding hydrogens is 421 g/mol. The topological polar surface area (TPSA) is 108 Å². The van der Waals surface area contributed by atoms with E-state index >= 15 is 0 Å². The predicted octanol–water partition coefficient (Wildman–Crippen LogP) is 3.51. The Morgan fingerprint density at radius 2 is 1.93 bits per heavy atom. The van der Waals surface area contributed by atoms with Crippen LogP contribution in [0.5, 0.6) is 5.75 Å². The fourth-order valence-corrected chi connectivity index (χ4v) is 4.41. The standard InChI is InChI=1S/C19H19Cl2N3O5/c20-12-1-2-17(15(21)5-12)28-13-3-10-7-24(8-11(10)4-13)19(26)27-9-14-6-16(18(22)25)23-29-14/h1-2,5-6,10-11,13H,3-4,7-9H2,(H2,22,25)/t10-,11+,13-. The summed E-state index contributed by atoms with van der Waals surface area (Å²) in [5.41, 5.74) is 5.11. The van der Waals surface area contributed by atoms with Crippen LogP contribution in [0, 0.1) is 11.8 Å². The second kappa shape index (κ2) is 8.12. The molecular formula is C19H19Cl2N3O5. The molecule has 10 heteroatoms. The van der Waals surface area contributed by atoms with Gasteiger partial charge in [-0.3, -0.25) is 4.79 Å². The molecule has 0 spiro atoms. The van der Waals surface area contributed by atoms with E-state index in [1.54, 1.807) is 23.1 Å². The number of benzene rings is 1. The number of halogens is 2. The maximum Gasteiger partial charge on any atom is 0.410 e. The number of carbonyl (C=O) groups excluding carboxylic acids is 2. The third-order valence-corrected chi connectivity index (χ3v) is 5.83. The highest BCUT2D eigenvalue weighted by Crippen LogP contribution is 2.41. The summed E-state index contributed by atoms with van der Waals surface area (Å²) in [7, 11) is 0. The molecule has 2 heterocycles. The molecule has 0 radical (unpaired) electrons. The average Bonchev–Trinajstić information content (AvgIpc) is 3.36. The van der Waals surface area contributed by atoms with Crippen LogP contribution in [0.25, 0.3) is 0 Å². The molecule has 2 aromatic rings. The number of ether oxygens (including phenoxy) is 2. The highest BCUT2D eigenvalue weighted by molar-refractivity contribution is 6.35. The Labute approximate surface area is 176 Å². The molecule has 0 unspecified atom stereocenters. The van der Waals surface area contributed by atoms with Gasteiger partial charge < -0.3 is 24.6 Å². The first-order chi connectivity index (χ1) is 13.9. The summed E-state index contributed by atoms with van der Waals surface area (Å²) in [6.07, 6.45) is 1.33. The van der Waals surface area contributed by atoms with Crippen molar-refractivity contribution >= 4 is 35.2 Å². The zero-order chi connectivity index (χ0) is 20.5. The normalized spacial score (nSPS) is 23.1. The van der Waals surface area contributed by atoms with Crippen LogP contribution < -0.4 is 10.5 Å². The van der Waals surface area contributed by atoms with Crippen molar-refractivity contribution in [3.63, 3.8) is 0 Å². The van der Waals surface area contributed by atoms with Gasteiger partial charge in [-0.05, 0) is 42.9 Å². The van der Waals surface area contributed by atoms with Gasteiger partial charge >= 0.3 is 6.09 Å². The Hall–Kier alpha value is -2.45. The monoisotopic (exact) mass is 439 g/mol. The van der Waals surface area contributed by atoms with Gasteiger partial charge in [0.05, 0.1) is 11.1 Å². The molecule has 154 valence electrons. The number of nitrogens with zero attached hydrogens (tertiary/aromatic N) is 2. The molecule has 3 atom stereocenters. The lowest BCUT2D eigenvalue weighted by Gasteiger charge is -2.20. The largest absolute Gasteiger partial charge is 0.489 e. The van der Waals surface area contributed by atoms with Gasteiger partial charge in [0.1, 0.15) is 5.75 Å². The molecule has 1 aliphatic carbocycles. The van der Waals surface area contributed by atoms with Gasteiger partial charge in [-0.25, -0.2) is 4.79 Å². The number of rotatable bonds is 5. The summed E-state index contributed by atoms with van der Waals surface area (Å²) in [5.74, 6) is 0.894. The van der Waals surface area contributed by atoms with Crippen molar-refractivity contribution in [2.24, 2.45) is 17.6 Å². The Morgan fingerprint density at radius 1 is 1.21 bits per heavy atom.